The standard InChI is InChI=1S/C18H19ClN2O3S/c1-2-3-8-24-17(23)11-25-18-14(10-20)13(9-16(22)21-18)12-6-4-5-7-15(12)19/h4-7,13H,2-3,8-9,11H2,1H3,(H,21,22)/t13-/m1/s1. The highest BCUT2D eigenvalue weighted by atomic mass is 35.5. The van der Waals surface area contributed by atoms with E-state index in [-0.39, 0.29) is 24.1 Å². The van der Waals surface area contributed by atoms with E-state index < -0.39 is 5.92 Å². The summed E-state index contributed by atoms with van der Waals surface area (Å²) in [6.45, 7) is 2.40. The number of halogens is 1. The number of thioether (sulfide) groups is 1. The number of carbonyl (C=O) groups excluding carboxylic acids is 2. The topological polar surface area (TPSA) is 79.2 Å². The van der Waals surface area contributed by atoms with Crippen LogP contribution in [0, 0.1) is 11.3 Å². The molecule has 25 heavy (non-hydrogen) atoms. The predicted octanol–water partition coefficient (Wildman–Crippen LogP) is 3.76. The molecular formula is C18H19ClN2O3S. The van der Waals surface area contributed by atoms with Crippen LogP contribution in [0.2, 0.25) is 5.02 Å². The molecule has 0 saturated heterocycles. The van der Waals surface area contributed by atoms with Gasteiger partial charge in [0.05, 0.1) is 29.0 Å². The quantitative estimate of drug-likeness (QED) is 0.577. The zero-order valence-electron chi connectivity index (χ0n) is 13.9. The second-order valence-corrected chi connectivity index (χ2v) is 6.94. The van der Waals surface area contributed by atoms with E-state index in [2.05, 4.69) is 11.4 Å². The number of amides is 1. The van der Waals surface area contributed by atoms with Crippen molar-refractivity contribution < 1.29 is 14.3 Å². The average Bonchev–Trinajstić information content (AvgIpc) is 2.60. The molecule has 7 heteroatoms. The first-order chi connectivity index (χ1) is 12.1. The summed E-state index contributed by atoms with van der Waals surface area (Å²) < 4.78 is 5.10. The van der Waals surface area contributed by atoms with Crippen molar-refractivity contribution in [2.45, 2.75) is 32.1 Å². The van der Waals surface area contributed by atoms with Crippen LogP contribution in [-0.4, -0.2) is 24.2 Å². The minimum atomic E-state index is -0.411. The van der Waals surface area contributed by atoms with Crippen LogP contribution < -0.4 is 5.32 Å². The Labute approximate surface area is 156 Å². The largest absolute Gasteiger partial charge is 0.465 e. The number of nitrogens with one attached hydrogen (secondary N) is 1. The minimum Gasteiger partial charge on any atom is -0.465 e. The van der Waals surface area contributed by atoms with Gasteiger partial charge in [0, 0.05) is 17.4 Å². The summed E-state index contributed by atoms with van der Waals surface area (Å²) in [6, 6.07) is 9.32. The molecule has 0 fully saturated rings. The summed E-state index contributed by atoms with van der Waals surface area (Å²) in [5, 5.41) is 13.2. The third-order valence-electron chi connectivity index (χ3n) is 3.73. The molecule has 5 nitrogen and oxygen atoms in total. The number of benzene rings is 1. The molecule has 0 bridgehead atoms. The van der Waals surface area contributed by atoms with Gasteiger partial charge in [-0.05, 0) is 18.1 Å². The first kappa shape index (κ1) is 19.4. The number of rotatable bonds is 7. The summed E-state index contributed by atoms with van der Waals surface area (Å²) in [6.07, 6.45) is 1.91. The Morgan fingerprint density at radius 2 is 2.24 bits per heavy atom. The van der Waals surface area contributed by atoms with E-state index in [1.807, 2.05) is 19.1 Å². The third kappa shape index (κ3) is 5.25. The van der Waals surface area contributed by atoms with Crippen LogP contribution in [0.3, 0.4) is 0 Å². The Hall–Kier alpha value is -1.97. The lowest BCUT2D eigenvalue weighted by Gasteiger charge is -2.25. The van der Waals surface area contributed by atoms with Gasteiger partial charge in [-0.2, -0.15) is 5.26 Å². The first-order valence-corrected chi connectivity index (χ1v) is 9.40. The fourth-order valence-electron chi connectivity index (χ4n) is 2.46. The molecule has 1 N–H and O–H groups in total. The fourth-order valence-corrected chi connectivity index (χ4v) is 3.60. The summed E-state index contributed by atoms with van der Waals surface area (Å²) in [5.41, 5.74) is 1.15. The van der Waals surface area contributed by atoms with Crippen molar-refractivity contribution in [2.75, 3.05) is 12.4 Å². The molecule has 0 radical (unpaired) electrons. The molecule has 1 heterocycles. The lowest BCUT2D eigenvalue weighted by Crippen LogP contribution is -2.31. The lowest BCUT2D eigenvalue weighted by atomic mass is 9.87. The van der Waals surface area contributed by atoms with E-state index in [9.17, 15) is 14.9 Å². The van der Waals surface area contributed by atoms with Crippen molar-refractivity contribution in [1.82, 2.24) is 5.32 Å². The van der Waals surface area contributed by atoms with Crippen LogP contribution >= 0.6 is 23.4 Å². The fraction of sp³-hybridized carbons (Fsp3) is 0.389. The number of nitriles is 1. The van der Waals surface area contributed by atoms with Gasteiger partial charge in [0.15, 0.2) is 0 Å². The van der Waals surface area contributed by atoms with Gasteiger partial charge in [-0.3, -0.25) is 9.59 Å². The summed E-state index contributed by atoms with van der Waals surface area (Å²) >= 11 is 7.34. The monoisotopic (exact) mass is 378 g/mol. The van der Waals surface area contributed by atoms with E-state index in [1.165, 1.54) is 0 Å². The van der Waals surface area contributed by atoms with Crippen molar-refractivity contribution in [1.29, 1.82) is 5.26 Å². The van der Waals surface area contributed by atoms with E-state index in [1.54, 1.807) is 12.1 Å². The van der Waals surface area contributed by atoms with Gasteiger partial charge in [0.25, 0.3) is 0 Å². The highest BCUT2D eigenvalue weighted by molar-refractivity contribution is 8.03. The van der Waals surface area contributed by atoms with Crippen molar-refractivity contribution in [3.8, 4) is 6.07 Å². The number of hydrogen-bond donors (Lipinski definition) is 1. The maximum absolute atomic E-state index is 12.1. The Morgan fingerprint density at radius 3 is 2.92 bits per heavy atom. The number of unbranched alkanes of at least 4 members (excludes halogenated alkanes) is 1. The first-order valence-electron chi connectivity index (χ1n) is 8.03. The number of hydrogen-bond acceptors (Lipinski definition) is 5. The second kappa shape index (κ2) is 9.50. The van der Waals surface area contributed by atoms with Gasteiger partial charge >= 0.3 is 5.97 Å². The maximum atomic E-state index is 12.1. The normalized spacial score (nSPS) is 17.0. The van der Waals surface area contributed by atoms with Crippen molar-refractivity contribution in [2.24, 2.45) is 0 Å². The van der Waals surface area contributed by atoms with Crippen LogP contribution in [0.25, 0.3) is 0 Å². The maximum Gasteiger partial charge on any atom is 0.316 e. The molecule has 0 aromatic heterocycles. The second-order valence-electron chi connectivity index (χ2n) is 5.54. The van der Waals surface area contributed by atoms with Crippen LogP contribution in [0.4, 0.5) is 0 Å². The van der Waals surface area contributed by atoms with Crippen LogP contribution in [0.5, 0.6) is 0 Å². The predicted molar refractivity (Wildman–Crippen MR) is 97.9 cm³/mol. The molecule has 0 unspecified atom stereocenters. The number of ether oxygens (including phenoxy) is 1. The zero-order chi connectivity index (χ0) is 18.2. The molecule has 1 aliphatic rings. The Balaban J connectivity index is 2.16. The molecule has 1 aromatic rings. The van der Waals surface area contributed by atoms with Gasteiger partial charge in [0.1, 0.15) is 0 Å². The molecule has 1 amide bonds. The highest BCUT2D eigenvalue weighted by Gasteiger charge is 2.31. The van der Waals surface area contributed by atoms with Gasteiger partial charge in [-0.25, -0.2) is 0 Å². The summed E-state index contributed by atoms with van der Waals surface area (Å²) in [5.74, 6) is -0.936. The Bertz CT molecular complexity index is 727. The van der Waals surface area contributed by atoms with Gasteiger partial charge in [-0.1, -0.05) is 54.9 Å². The molecule has 1 aromatic carbocycles. The average molecular weight is 379 g/mol. The van der Waals surface area contributed by atoms with Crippen LogP contribution in [-0.2, 0) is 14.3 Å². The van der Waals surface area contributed by atoms with E-state index in [0.717, 1.165) is 30.2 Å². The van der Waals surface area contributed by atoms with Crippen molar-refractivity contribution in [3.05, 3.63) is 45.5 Å². The minimum absolute atomic E-state index is 0.0414. The van der Waals surface area contributed by atoms with E-state index >= 15 is 0 Å². The molecule has 2 rings (SSSR count). The Morgan fingerprint density at radius 1 is 1.48 bits per heavy atom. The highest BCUT2D eigenvalue weighted by Crippen LogP contribution is 2.38. The van der Waals surface area contributed by atoms with Gasteiger partial charge in [0.2, 0.25) is 5.91 Å². The molecular weight excluding hydrogens is 360 g/mol. The van der Waals surface area contributed by atoms with Crippen LogP contribution in [0.15, 0.2) is 34.9 Å². The third-order valence-corrected chi connectivity index (χ3v) is 5.07. The molecule has 132 valence electrons. The summed E-state index contributed by atoms with van der Waals surface area (Å²) in [7, 11) is 0. The molecule has 1 aliphatic heterocycles. The van der Waals surface area contributed by atoms with E-state index in [4.69, 9.17) is 16.3 Å². The van der Waals surface area contributed by atoms with Gasteiger partial charge in [-0.15, -0.1) is 0 Å². The van der Waals surface area contributed by atoms with Gasteiger partial charge < -0.3 is 10.1 Å². The molecule has 0 aliphatic carbocycles. The van der Waals surface area contributed by atoms with Crippen molar-refractivity contribution >= 4 is 35.2 Å². The lowest BCUT2D eigenvalue weighted by molar-refractivity contribution is -0.140. The SMILES string of the molecule is CCCCOC(=O)CSC1=C(C#N)[C@@H](c2ccccc2Cl)CC(=O)N1. The summed E-state index contributed by atoms with van der Waals surface area (Å²) in [4.78, 5) is 23.8. The molecule has 1 atom stereocenters. The number of nitrogens with zero attached hydrogens (tertiary/aromatic N) is 1. The zero-order valence-corrected chi connectivity index (χ0v) is 15.5. The number of allylic oxidation sites excluding steroid dienone is 1. The number of carbonyl (C=O) groups is 2. The van der Waals surface area contributed by atoms with E-state index in [0.29, 0.717) is 22.2 Å². The smallest absolute Gasteiger partial charge is 0.316 e. The van der Waals surface area contributed by atoms with Crippen molar-refractivity contribution in [3.63, 3.8) is 0 Å². The molecule has 0 saturated carbocycles. The van der Waals surface area contributed by atoms with Crippen LogP contribution in [0.1, 0.15) is 37.7 Å². The Kier molecular flexibility index (Phi) is 7.35. The number of esters is 1. The molecule has 0 spiro atoms.